The molecule has 0 radical (unpaired) electrons. The number of aryl methyl sites for hydroxylation is 2. The van der Waals surface area contributed by atoms with E-state index in [1.165, 1.54) is 0 Å². The van der Waals surface area contributed by atoms with Gasteiger partial charge in [0.15, 0.2) is 0 Å². The maximum atomic E-state index is 12.1. The molecule has 0 saturated heterocycles. The Balaban J connectivity index is 1.57. The van der Waals surface area contributed by atoms with Gasteiger partial charge < -0.3 is 5.32 Å². The maximum absolute atomic E-state index is 12.1. The van der Waals surface area contributed by atoms with Crippen molar-refractivity contribution >= 4 is 5.91 Å². The molecule has 7 heteroatoms. The van der Waals surface area contributed by atoms with E-state index in [4.69, 9.17) is 5.26 Å². The molecule has 0 aliphatic carbocycles. The summed E-state index contributed by atoms with van der Waals surface area (Å²) >= 11 is 0. The monoisotopic (exact) mass is 346 g/mol. The molecule has 26 heavy (non-hydrogen) atoms. The molecule has 0 bridgehead atoms. The Labute approximate surface area is 151 Å². The predicted octanol–water partition coefficient (Wildman–Crippen LogP) is 2.00. The molecule has 7 nitrogen and oxygen atoms in total. The smallest absolute Gasteiger partial charge is 0.220 e. The molecular formula is C19H18N6O. The third-order valence-electron chi connectivity index (χ3n) is 3.93. The van der Waals surface area contributed by atoms with E-state index in [-0.39, 0.29) is 5.91 Å². The van der Waals surface area contributed by atoms with Gasteiger partial charge in [0.05, 0.1) is 35.8 Å². The molecule has 1 amide bonds. The summed E-state index contributed by atoms with van der Waals surface area (Å²) in [5.41, 5.74) is 3.92. The second-order valence-corrected chi connectivity index (χ2v) is 5.84. The van der Waals surface area contributed by atoms with Gasteiger partial charge in [-0.25, -0.2) is 0 Å². The van der Waals surface area contributed by atoms with Gasteiger partial charge >= 0.3 is 0 Å². The fourth-order valence-electron chi connectivity index (χ4n) is 2.56. The second-order valence-electron chi connectivity index (χ2n) is 5.84. The van der Waals surface area contributed by atoms with Gasteiger partial charge in [-0.05, 0) is 24.1 Å². The predicted molar refractivity (Wildman–Crippen MR) is 95.6 cm³/mol. The van der Waals surface area contributed by atoms with Gasteiger partial charge in [-0.15, -0.1) is 0 Å². The first-order chi connectivity index (χ1) is 12.7. The van der Waals surface area contributed by atoms with E-state index in [1.807, 2.05) is 25.4 Å². The molecule has 0 fully saturated rings. The third-order valence-corrected chi connectivity index (χ3v) is 3.93. The van der Waals surface area contributed by atoms with Crippen molar-refractivity contribution in [3.63, 3.8) is 0 Å². The highest BCUT2D eigenvalue weighted by molar-refractivity contribution is 5.76. The van der Waals surface area contributed by atoms with Crippen molar-refractivity contribution in [2.45, 2.75) is 19.4 Å². The van der Waals surface area contributed by atoms with E-state index >= 15 is 0 Å². The third kappa shape index (κ3) is 4.30. The van der Waals surface area contributed by atoms with Gasteiger partial charge in [0.2, 0.25) is 5.91 Å². The minimum atomic E-state index is -0.0582. The number of aromatic nitrogens is 4. The Bertz CT molecular complexity index is 939. The largest absolute Gasteiger partial charge is 0.350 e. The summed E-state index contributed by atoms with van der Waals surface area (Å²) in [4.78, 5) is 20.8. The number of nitrogens with zero attached hydrogens (tertiary/aromatic N) is 5. The van der Waals surface area contributed by atoms with Crippen LogP contribution in [0, 0.1) is 11.3 Å². The summed E-state index contributed by atoms with van der Waals surface area (Å²) in [6.07, 6.45) is 7.80. The lowest BCUT2D eigenvalue weighted by atomic mass is 10.1. The Morgan fingerprint density at radius 3 is 2.69 bits per heavy atom. The molecule has 1 aromatic carbocycles. The quantitative estimate of drug-likeness (QED) is 0.736. The van der Waals surface area contributed by atoms with Crippen LogP contribution < -0.4 is 5.32 Å². The Morgan fingerprint density at radius 1 is 1.23 bits per heavy atom. The van der Waals surface area contributed by atoms with Crippen molar-refractivity contribution in [2.75, 3.05) is 0 Å². The molecule has 1 N–H and O–H groups in total. The van der Waals surface area contributed by atoms with Crippen molar-refractivity contribution in [3.05, 3.63) is 65.9 Å². The highest BCUT2D eigenvalue weighted by Gasteiger charge is 2.11. The van der Waals surface area contributed by atoms with Crippen LogP contribution in [0.5, 0.6) is 0 Å². The highest BCUT2D eigenvalue weighted by atomic mass is 16.1. The van der Waals surface area contributed by atoms with Crippen molar-refractivity contribution in [1.29, 1.82) is 5.26 Å². The first-order valence-electron chi connectivity index (χ1n) is 8.20. The molecular weight excluding hydrogens is 328 g/mol. The van der Waals surface area contributed by atoms with E-state index in [0.29, 0.717) is 36.3 Å². The van der Waals surface area contributed by atoms with Crippen LogP contribution in [0.2, 0.25) is 0 Å². The summed E-state index contributed by atoms with van der Waals surface area (Å²) in [6, 6.07) is 9.33. The average Bonchev–Trinajstić information content (AvgIpc) is 3.11. The Morgan fingerprint density at radius 2 is 2.00 bits per heavy atom. The molecule has 0 aliphatic heterocycles. The maximum Gasteiger partial charge on any atom is 0.220 e. The van der Waals surface area contributed by atoms with Crippen molar-refractivity contribution in [3.8, 4) is 17.3 Å². The van der Waals surface area contributed by atoms with E-state index in [1.54, 1.807) is 35.4 Å². The second kappa shape index (κ2) is 8.03. The van der Waals surface area contributed by atoms with Crippen LogP contribution in [0.25, 0.3) is 11.3 Å². The molecule has 2 heterocycles. The topological polar surface area (TPSA) is 96.5 Å². The van der Waals surface area contributed by atoms with Crippen LogP contribution in [0.15, 0.2) is 49.1 Å². The van der Waals surface area contributed by atoms with E-state index in [0.717, 1.165) is 11.1 Å². The summed E-state index contributed by atoms with van der Waals surface area (Å²) in [6.45, 7) is 0.310. The molecule has 130 valence electrons. The fourth-order valence-corrected chi connectivity index (χ4v) is 2.56. The fraction of sp³-hybridized carbons (Fsp3) is 0.211. The number of hydrogen-bond acceptors (Lipinski definition) is 5. The molecule has 0 atom stereocenters. The number of benzene rings is 1. The Kier molecular flexibility index (Phi) is 5.34. The van der Waals surface area contributed by atoms with E-state index < -0.39 is 0 Å². The van der Waals surface area contributed by atoms with Crippen molar-refractivity contribution < 1.29 is 4.79 Å². The van der Waals surface area contributed by atoms with Crippen LogP contribution in [0.1, 0.15) is 23.2 Å². The summed E-state index contributed by atoms with van der Waals surface area (Å²) < 4.78 is 1.70. The summed E-state index contributed by atoms with van der Waals surface area (Å²) in [5, 5.41) is 15.8. The van der Waals surface area contributed by atoms with Gasteiger partial charge in [0.25, 0.3) is 0 Å². The summed E-state index contributed by atoms with van der Waals surface area (Å²) in [7, 11) is 1.84. The molecule has 0 aliphatic rings. The van der Waals surface area contributed by atoms with Gasteiger partial charge in [-0.3, -0.25) is 19.4 Å². The van der Waals surface area contributed by atoms with Crippen LogP contribution in [0.4, 0.5) is 0 Å². The SMILES string of the molecule is Cn1cc(-c2nccnc2CNC(=O)CCc2ccc(C#N)cc2)cn1. The number of hydrogen-bond donors (Lipinski definition) is 1. The molecule has 0 spiro atoms. The number of rotatable bonds is 6. The van der Waals surface area contributed by atoms with Crippen LogP contribution in [0.3, 0.4) is 0 Å². The lowest BCUT2D eigenvalue weighted by molar-refractivity contribution is -0.121. The number of amides is 1. The highest BCUT2D eigenvalue weighted by Crippen LogP contribution is 2.18. The number of carbonyl (C=O) groups excluding carboxylic acids is 1. The number of carbonyl (C=O) groups is 1. The van der Waals surface area contributed by atoms with E-state index in [9.17, 15) is 4.79 Å². The van der Waals surface area contributed by atoms with Gasteiger partial charge in [-0.1, -0.05) is 12.1 Å². The number of nitriles is 1. The normalized spacial score (nSPS) is 10.3. The molecule has 3 aromatic rings. The molecule has 0 saturated carbocycles. The zero-order chi connectivity index (χ0) is 18.4. The minimum Gasteiger partial charge on any atom is -0.350 e. The first kappa shape index (κ1) is 17.3. The zero-order valence-electron chi connectivity index (χ0n) is 14.4. The summed E-state index contributed by atoms with van der Waals surface area (Å²) in [5.74, 6) is -0.0582. The first-order valence-corrected chi connectivity index (χ1v) is 8.20. The average molecular weight is 346 g/mol. The van der Waals surface area contributed by atoms with Crippen LogP contribution >= 0.6 is 0 Å². The van der Waals surface area contributed by atoms with Crippen LogP contribution in [-0.2, 0) is 24.8 Å². The standard InChI is InChI=1S/C19H18N6O/c1-25-13-16(11-24-25)19-17(21-8-9-22-19)12-23-18(26)7-6-14-2-4-15(10-20)5-3-14/h2-5,8-9,11,13H,6-7,12H2,1H3,(H,23,26). The van der Waals surface area contributed by atoms with E-state index in [2.05, 4.69) is 26.5 Å². The lowest BCUT2D eigenvalue weighted by Gasteiger charge is -2.08. The van der Waals surface area contributed by atoms with Gasteiger partial charge in [-0.2, -0.15) is 10.4 Å². The molecule has 0 unspecified atom stereocenters. The van der Waals surface area contributed by atoms with Crippen molar-refractivity contribution in [1.82, 2.24) is 25.1 Å². The van der Waals surface area contributed by atoms with Crippen molar-refractivity contribution in [2.24, 2.45) is 7.05 Å². The van der Waals surface area contributed by atoms with Gasteiger partial charge in [0, 0.05) is 37.6 Å². The minimum absolute atomic E-state index is 0.0582. The van der Waals surface area contributed by atoms with Gasteiger partial charge in [0.1, 0.15) is 0 Å². The lowest BCUT2D eigenvalue weighted by Crippen LogP contribution is -2.24. The molecule has 3 rings (SSSR count). The number of nitrogens with one attached hydrogen (secondary N) is 1. The zero-order valence-corrected chi connectivity index (χ0v) is 14.4. The van der Waals surface area contributed by atoms with Crippen LogP contribution in [-0.4, -0.2) is 25.7 Å². The molecule has 2 aromatic heterocycles. The Hall–Kier alpha value is -3.53.